The molecule has 1 aliphatic rings. The lowest BCUT2D eigenvalue weighted by atomic mass is 10.0. The second-order valence-electron chi connectivity index (χ2n) is 5.51. The van der Waals surface area contributed by atoms with E-state index in [1.807, 2.05) is 0 Å². The van der Waals surface area contributed by atoms with Gasteiger partial charge < -0.3 is 10.6 Å². The number of amides is 1. The summed E-state index contributed by atoms with van der Waals surface area (Å²) in [6, 6.07) is 0.303. The van der Waals surface area contributed by atoms with Crippen LogP contribution in [0.5, 0.6) is 0 Å². The van der Waals surface area contributed by atoms with Gasteiger partial charge in [-0.1, -0.05) is 13.8 Å². The van der Waals surface area contributed by atoms with Crippen molar-refractivity contribution in [3.63, 3.8) is 0 Å². The summed E-state index contributed by atoms with van der Waals surface area (Å²) in [6.07, 6.45) is 4.92. The summed E-state index contributed by atoms with van der Waals surface area (Å²) < 4.78 is 0. The van der Waals surface area contributed by atoms with Crippen molar-refractivity contribution in [1.82, 2.24) is 10.6 Å². The van der Waals surface area contributed by atoms with Crippen LogP contribution < -0.4 is 10.6 Å². The molecule has 1 rings (SSSR count). The van der Waals surface area contributed by atoms with Crippen LogP contribution in [0.15, 0.2) is 0 Å². The maximum atomic E-state index is 11.5. The fraction of sp³-hybridized carbons (Fsp3) is 0.923. The first kappa shape index (κ1) is 16.7. The predicted molar refractivity (Wildman–Crippen MR) is 74.5 cm³/mol. The van der Waals surface area contributed by atoms with E-state index in [9.17, 15) is 4.79 Å². The Bertz CT molecular complexity index is 217. The lowest BCUT2D eigenvalue weighted by molar-refractivity contribution is -0.120. The molecule has 102 valence electrons. The predicted octanol–water partition coefficient (Wildman–Crippen LogP) is 2.35. The van der Waals surface area contributed by atoms with Gasteiger partial charge in [-0.05, 0) is 51.0 Å². The highest BCUT2D eigenvalue weighted by molar-refractivity contribution is 5.85. The zero-order valence-electron chi connectivity index (χ0n) is 11.3. The number of rotatable bonds is 8. The minimum Gasteiger partial charge on any atom is -0.353 e. The fourth-order valence-corrected chi connectivity index (χ4v) is 1.69. The summed E-state index contributed by atoms with van der Waals surface area (Å²) >= 11 is 0. The molecule has 0 saturated heterocycles. The molecule has 0 heterocycles. The highest BCUT2D eigenvalue weighted by atomic mass is 35.5. The van der Waals surface area contributed by atoms with Crippen molar-refractivity contribution in [2.45, 2.75) is 52.5 Å². The van der Waals surface area contributed by atoms with Crippen molar-refractivity contribution < 1.29 is 4.79 Å². The first-order valence-corrected chi connectivity index (χ1v) is 6.58. The number of hydrogen-bond donors (Lipinski definition) is 2. The Morgan fingerprint density at radius 2 is 1.88 bits per heavy atom. The van der Waals surface area contributed by atoms with Crippen molar-refractivity contribution in [2.24, 2.45) is 11.8 Å². The summed E-state index contributed by atoms with van der Waals surface area (Å²) in [6.45, 7) is 7.99. The molecule has 0 aromatic carbocycles. The average Bonchev–Trinajstić information content (AvgIpc) is 2.98. The summed E-state index contributed by atoms with van der Waals surface area (Å²) in [4.78, 5) is 11.5. The molecular weight excluding hydrogens is 236 g/mol. The third-order valence-electron chi connectivity index (χ3n) is 3.00. The van der Waals surface area contributed by atoms with Gasteiger partial charge in [0.2, 0.25) is 5.91 Å². The molecule has 0 aromatic rings. The molecule has 0 aromatic heterocycles. The third kappa shape index (κ3) is 9.42. The molecule has 1 amide bonds. The molecule has 0 aliphatic heterocycles. The zero-order chi connectivity index (χ0) is 12.0. The maximum Gasteiger partial charge on any atom is 0.234 e. The van der Waals surface area contributed by atoms with Crippen molar-refractivity contribution in [1.29, 1.82) is 0 Å². The standard InChI is InChI=1S/C13H26N2O.ClH/c1-10(2)4-5-11(3)15-13(16)9-14-8-12-6-7-12;/h10-12,14H,4-9H2,1-3H3,(H,15,16);1H. The van der Waals surface area contributed by atoms with Crippen molar-refractivity contribution in [3.8, 4) is 0 Å². The van der Waals surface area contributed by atoms with Crippen molar-refractivity contribution >= 4 is 18.3 Å². The molecule has 4 heteroatoms. The van der Waals surface area contributed by atoms with Crippen LogP contribution in [0.25, 0.3) is 0 Å². The smallest absolute Gasteiger partial charge is 0.234 e. The molecule has 0 bridgehead atoms. The summed E-state index contributed by atoms with van der Waals surface area (Å²) in [5.41, 5.74) is 0. The molecule has 1 unspecified atom stereocenters. The number of carbonyl (C=O) groups excluding carboxylic acids is 1. The molecule has 0 radical (unpaired) electrons. The minimum absolute atomic E-state index is 0. The van der Waals surface area contributed by atoms with Crippen LogP contribution in [0.3, 0.4) is 0 Å². The number of carbonyl (C=O) groups is 1. The second kappa shape index (κ2) is 8.76. The van der Waals surface area contributed by atoms with Gasteiger partial charge in [0, 0.05) is 6.04 Å². The Kier molecular flexibility index (Phi) is 8.61. The molecule has 1 fully saturated rings. The summed E-state index contributed by atoms with van der Waals surface area (Å²) in [5.74, 6) is 1.69. The zero-order valence-corrected chi connectivity index (χ0v) is 12.1. The molecule has 1 atom stereocenters. The Hall–Kier alpha value is -0.280. The molecule has 1 aliphatic carbocycles. The lowest BCUT2D eigenvalue weighted by Crippen LogP contribution is -2.39. The quantitative estimate of drug-likeness (QED) is 0.705. The van der Waals surface area contributed by atoms with E-state index < -0.39 is 0 Å². The highest BCUT2D eigenvalue weighted by Gasteiger charge is 2.20. The number of halogens is 1. The minimum atomic E-state index is 0. The normalized spacial score (nSPS) is 16.5. The van der Waals surface area contributed by atoms with Crippen LogP contribution in [-0.4, -0.2) is 25.0 Å². The highest BCUT2D eigenvalue weighted by Crippen LogP contribution is 2.27. The van der Waals surface area contributed by atoms with Crippen LogP contribution in [0.4, 0.5) is 0 Å². The Balaban J connectivity index is 0.00000256. The van der Waals surface area contributed by atoms with Gasteiger partial charge in [0.05, 0.1) is 6.54 Å². The number of nitrogens with one attached hydrogen (secondary N) is 2. The second-order valence-corrected chi connectivity index (χ2v) is 5.51. The van der Waals surface area contributed by atoms with Crippen LogP contribution in [0.2, 0.25) is 0 Å². The monoisotopic (exact) mass is 262 g/mol. The topological polar surface area (TPSA) is 41.1 Å². The van der Waals surface area contributed by atoms with Gasteiger partial charge in [0.1, 0.15) is 0 Å². The van der Waals surface area contributed by atoms with E-state index in [-0.39, 0.29) is 18.3 Å². The molecule has 0 spiro atoms. The Morgan fingerprint density at radius 1 is 1.24 bits per heavy atom. The van der Waals surface area contributed by atoms with E-state index in [4.69, 9.17) is 0 Å². The van der Waals surface area contributed by atoms with Gasteiger partial charge in [0.15, 0.2) is 0 Å². The fourth-order valence-electron chi connectivity index (χ4n) is 1.69. The number of hydrogen-bond acceptors (Lipinski definition) is 2. The SMILES string of the molecule is CC(C)CCC(C)NC(=O)CNCC1CC1.Cl. The first-order valence-electron chi connectivity index (χ1n) is 6.58. The summed E-state index contributed by atoms with van der Waals surface area (Å²) in [7, 11) is 0. The van der Waals surface area contributed by atoms with Crippen molar-refractivity contribution in [3.05, 3.63) is 0 Å². The van der Waals surface area contributed by atoms with E-state index in [2.05, 4.69) is 31.4 Å². The van der Waals surface area contributed by atoms with Gasteiger partial charge in [-0.15, -0.1) is 12.4 Å². The van der Waals surface area contributed by atoms with Crippen molar-refractivity contribution in [2.75, 3.05) is 13.1 Å². The molecule has 2 N–H and O–H groups in total. The van der Waals surface area contributed by atoms with E-state index in [0.29, 0.717) is 18.5 Å². The lowest BCUT2D eigenvalue weighted by Gasteiger charge is -2.15. The van der Waals surface area contributed by atoms with Crippen LogP contribution >= 0.6 is 12.4 Å². The Labute approximate surface area is 112 Å². The van der Waals surface area contributed by atoms with Gasteiger partial charge in [-0.2, -0.15) is 0 Å². The van der Waals surface area contributed by atoms with Gasteiger partial charge in [-0.25, -0.2) is 0 Å². The van der Waals surface area contributed by atoms with Gasteiger partial charge in [0.25, 0.3) is 0 Å². The first-order chi connectivity index (χ1) is 7.58. The average molecular weight is 263 g/mol. The van der Waals surface area contributed by atoms with E-state index in [0.717, 1.165) is 18.9 Å². The molecule has 17 heavy (non-hydrogen) atoms. The third-order valence-corrected chi connectivity index (χ3v) is 3.00. The Morgan fingerprint density at radius 3 is 2.41 bits per heavy atom. The van der Waals surface area contributed by atoms with Gasteiger partial charge >= 0.3 is 0 Å². The van der Waals surface area contributed by atoms with Crippen LogP contribution in [-0.2, 0) is 4.79 Å². The summed E-state index contributed by atoms with van der Waals surface area (Å²) in [5, 5.41) is 6.23. The largest absolute Gasteiger partial charge is 0.353 e. The van der Waals surface area contributed by atoms with Gasteiger partial charge in [-0.3, -0.25) is 4.79 Å². The van der Waals surface area contributed by atoms with E-state index >= 15 is 0 Å². The maximum absolute atomic E-state index is 11.5. The molecule has 1 saturated carbocycles. The van der Waals surface area contributed by atoms with Crippen LogP contribution in [0.1, 0.15) is 46.5 Å². The molecule has 3 nitrogen and oxygen atoms in total. The van der Waals surface area contributed by atoms with E-state index in [1.165, 1.54) is 19.3 Å². The van der Waals surface area contributed by atoms with E-state index in [1.54, 1.807) is 0 Å². The molecular formula is C13H27ClN2O. The van der Waals surface area contributed by atoms with Crippen LogP contribution in [0, 0.1) is 11.8 Å².